The monoisotopic (exact) mass is 275 g/mol. The minimum atomic E-state index is -0.111. The van der Waals surface area contributed by atoms with Gasteiger partial charge in [-0.25, -0.2) is 0 Å². The summed E-state index contributed by atoms with van der Waals surface area (Å²) in [4.78, 5) is 15.0. The first-order valence-electron chi connectivity index (χ1n) is 7.31. The fourth-order valence-electron chi connectivity index (χ4n) is 3.89. The van der Waals surface area contributed by atoms with Crippen molar-refractivity contribution in [3.8, 4) is 0 Å². The molecule has 2 nitrogen and oxygen atoms in total. The number of rotatable bonds is 1. The predicted molar refractivity (Wildman–Crippen MR) is 84.1 cm³/mol. The Hall–Kier alpha value is -2.19. The molecule has 0 unspecified atom stereocenters. The van der Waals surface area contributed by atoms with Gasteiger partial charge in [-0.2, -0.15) is 0 Å². The van der Waals surface area contributed by atoms with E-state index in [0.717, 1.165) is 11.1 Å². The van der Waals surface area contributed by atoms with Gasteiger partial charge < -0.3 is 0 Å². The second kappa shape index (κ2) is 4.40. The molecule has 2 heterocycles. The third-order valence-corrected chi connectivity index (χ3v) is 4.78. The lowest BCUT2D eigenvalue weighted by atomic mass is 9.88. The standard InChI is InChI=1S/C19H17NO/c1-12-16(13-8-4-3-5-9-13)18-14-10-6-7-11-15(14)19(21)17(12)20(18)2/h3-11,17-18H,1-2H3/t17-,18-/m1/s1. The van der Waals surface area contributed by atoms with Gasteiger partial charge in [-0.15, -0.1) is 0 Å². The van der Waals surface area contributed by atoms with Crippen molar-refractivity contribution in [2.24, 2.45) is 0 Å². The normalized spacial score (nSPS) is 24.4. The SMILES string of the molecule is CC1=C(c2ccccc2)[C@H]2c3ccccc3C(=O)[C@@H]1N2C. The molecule has 4 rings (SSSR count). The van der Waals surface area contributed by atoms with Gasteiger partial charge in [0, 0.05) is 5.56 Å². The van der Waals surface area contributed by atoms with Crippen molar-refractivity contribution in [3.05, 3.63) is 76.9 Å². The summed E-state index contributed by atoms with van der Waals surface area (Å²) in [7, 11) is 2.06. The average molecular weight is 275 g/mol. The van der Waals surface area contributed by atoms with Gasteiger partial charge in [-0.3, -0.25) is 9.69 Å². The molecule has 2 aliphatic rings. The molecule has 0 aromatic heterocycles. The number of hydrogen-bond donors (Lipinski definition) is 0. The molecule has 2 bridgehead atoms. The second-order valence-corrected chi connectivity index (χ2v) is 5.88. The molecule has 0 N–H and O–H groups in total. The molecule has 2 aromatic carbocycles. The lowest BCUT2D eigenvalue weighted by Crippen LogP contribution is -2.41. The van der Waals surface area contributed by atoms with Crippen molar-refractivity contribution in [2.45, 2.75) is 19.0 Å². The third kappa shape index (κ3) is 1.60. The van der Waals surface area contributed by atoms with Crippen LogP contribution in [0.5, 0.6) is 0 Å². The van der Waals surface area contributed by atoms with E-state index in [2.05, 4.69) is 49.2 Å². The molecule has 0 spiro atoms. The molecule has 0 fully saturated rings. The van der Waals surface area contributed by atoms with Crippen LogP contribution >= 0.6 is 0 Å². The highest BCUT2D eigenvalue weighted by Gasteiger charge is 2.46. The first kappa shape index (κ1) is 12.5. The van der Waals surface area contributed by atoms with Crippen LogP contribution in [0.2, 0.25) is 0 Å². The third-order valence-electron chi connectivity index (χ3n) is 4.78. The zero-order valence-electron chi connectivity index (χ0n) is 12.2. The summed E-state index contributed by atoms with van der Waals surface area (Å²) in [6.07, 6.45) is 0. The van der Waals surface area contributed by atoms with Crippen LogP contribution in [-0.2, 0) is 0 Å². The van der Waals surface area contributed by atoms with Gasteiger partial charge >= 0.3 is 0 Å². The Bertz CT molecular complexity index is 760. The molecule has 2 aromatic rings. The number of carbonyl (C=O) groups excluding carboxylic acids is 1. The van der Waals surface area contributed by atoms with Gasteiger partial charge in [0.25, 0.3) is 0 Å². The summed E-state index contributed by atoms with van der Waals surface area (Å²) in [6.45, 7) is 2.10. The Morgan fingerprint density at radius 1 is 0.905 bits per heavy atom. The van der Waals surface area contributed by atoms with Crippen molar-refractivity contribution in [1.29, 1.82) is 0 Å². The highest BCUT2D eigenvalue weighted by Crippen LogP contribution is 2.49. The van der Waals surface area contributed by atoms with E-state index < -0.39 is 0 Å². The van der Waals surface area contributed by atoms with Crippen molar-refractivity contribution in [3.63, 3.8) is 0 Å². The van der Waals surface area contributed by atoms with E-state index in [9.17, 15) is 4.79 Å². The number of benzene rings is 2. The Morgan fingerprint density at radius 3 is 2.33 bits per heavy atom. The predicted octanol–water partition coefficient (Wildman–Crippen LogP) is 3.71. The molecule has 2 aliphatic heterocycles. The van der Waals surface area contributed by atoms with Crippen LogP contribution in [0.25, 0.3) is 5.57 Å². The van der Waals surface area contributed by atoms with Gasteiger partial charge in [-0.05, 0) is 36.2 Å². The van der Waals surface area contributed by atoms with Crippen LogP contribution in [0.15, 0.2) is 60.2 Å². The lowest BCUT2D eigenvalue weighted by molar-refractivity contribution is 0.0854. The number of ketones is 1. The van der Waals surface area contributed by atoms with E-state index in [4.69, 9.17) is 0 Å². The zero-order chi connectivity index (χ0) is 14.6. The molecule has 0 saturated carbocycles. The molecule has 104 valence electrons. The lowest BCUT2D eigenvalue weighted by Gasteiger charge is -2.34. The number of fused-ring (bicyclic) bond motifs is 4. The number of carbonyl (C=O) groups is 1. The maximum absolute atomic E-state index is 12.8. The van der Waals surface area contributed by atoms with E-state index >= 15 is 0 Å². The summed E-state index contributed by atoms with van der Waals surface area (Å²) < 4.78 is 0. The Labute approximate surface area is 124 Å². The largest absolute Gasteiger partial charge is 0.292 e. The van der Waals surface area contributed by atoms with Gasteiger partial charge in [0.1, 0.15) is 0 Å². The van der Waals surface area contributed by atoms with E-state index in [-0.39, 0.29) is 17.9 Å². The minimum Gasteiger partial charge on any atom is -0.292 e. The molecule has 21 heavy (non-hydrogen) atoms. The zero-order valence-corrected chi connectivity index (χ0v) is 12.2. The van der Waals surface area contributed by atoms with Gasteiger partial charge in [-0.1, -0.05) is 54.6 Å². The topological polar surface area (TPSA) is 20.3 Å². The highest BCUT2D eigenvalue weighted by molar-refractivity contribution is 6.08. The Kier molecular flexibility index (Phi) is 2.63. The molecule has 2 heteroatoms. The fourth-order valence-corrected chi connectivity index (χ4v) is 3.89. The fraction of sp³-hybridized carbons (Fsp3) is 0.211. The molecule has 0 aliphatic carbocycles. The van der Waals surface area contributed by atoms with Crippen LogP contribution in [0.4, 0.5) is 0 Å². The van der Waals surface area contributed by atoms with E-state index in [1.54, 1.807) is 0 Å². The second-order valence-electron chi connectivity index (χ2n) is 5.88. The van der Waals surface area contributed by atoms with Gasteiger partial charge in [0.15, 0.2) is 5.78 Å². The summed E-state index contributed by atoms with van der Waals surface area (Å²) >= 11 is 0. The van der Waals surface area contributed by atoms with Crippen LogP contribution in [0.3, 0.4) is 0 Å². The molecule has 0 amide bonds. The van der Waals surface area contributed by atoms with Crippen LogP contribution in [0.1, 0.15) is 34.5 Å². The Balaban J connectivity index is 1.98. The first-order chi connectivity index (χ1) is 10.2. The van der Waals surface area contributed by atoms with Gasteiger partial charge in [0.2, 0.25) is 0 Å². The van der Waals surface area contributed by atoms with E-state index in [1.165, 1.54) is 16.7 Å². The van der Waals surface area contributed by atoms with Crippen molar-refractivity contribution >= 4 is 11.4 Å². The molecule has 0 radical (unpaired) electrons. The maximum atomic E-state index is 12.8. The summed E-state index contributed by atoms with van der Waals surface area (Å²) in [6, 6.07) is 18.5. The van der Waals surface area contributed by atoms with E-state index in [1.807, 2.05) is 24.3 Å². The average Bonchev–Trinajstić information content (AvgIpc) is 2.72. The van der Waals surface area contributed by atoms with Gasteiger partial charge in [0.05, 0.1) is 12.1 Å². The van der Waals surface area contributed by atoms with Crippen molar-refractivity contribution in [1.82, 2.24) is 4.90 Å². The number of Topliss-reactive ketones (excluding diaryl/α,β-unsaturated/α-hetero) is 1. The highest BCUT2D eigenvalue weighted by atomic mass is 16.1. The van der Waals surface area contributed by atoms with Crippen molar-refractivity contribution in [2.75, 3.05) is 7.05 Å². The van der Waals surface area contributed by atoms with Crippen molar-refractivity contribution < 1.29 is 4.79 Å². The molecular formula is C19H17NO. The minimum absolute atomic E-state index is 0.111. The summed E-state index contributed by atoms with van der Waals surface area (Å²) in [5.41, 5.74) is 5.72. The first-order valence-corrected chi connectivity index (χ1v) is 7.31. The van der Waals surface area contributed by atoms with Crippen LogP contribution < -0.4 is 0 Å². The number of likely N-dealkylation sites (N-methyl/N-ethyl adjacent to an activating group) is 1. The smallest absolute Gasteiger partial charge is 0.184 e. The quantitative estimate of drug-likeness (QED) is 0.790. The molecule has 2 atom stereocenters. The molecule has 0 saturated heterocycles. The number of nitrogens with zero attached hydrogens (tertiary/aromatic N) is 1. The van der Waals surface area contributed by atoms with Crippen LogP contribution in [0, 0.1) is 0 Å². The Morgan fingerprint density at radius 2 is 1.57 bits per heavy atom. The van der Waals surface area contributed by atoms with Crippen LogP contribution in [-0.4, -0.2) is 23.8 Å². The van der Waals surface area contributed by atoms with E-state index in [0.29, 0.717) is 0 Å². The summed E-state index contributed by atoms with van der Waals surface area (Å²) in [5, 5.41) is 0. The number of hydrogen-bond acceptors (Lipinski definition) is 2. The molecular weight excluding hydrogens is 258 g/mol. The maximum Gasteiger partial charge on any atom is 0.184 e. The summed E-state index contributed by atoms with van der Waals surface area (Å²) in [5.74, 6) is 0.229.